The third kappa shape index (κ3) is 5.49. The summed E-state index contributed by atoms with van der Waals surface area (Å²) < 4.78 is 0. The molecule has 0 atom stereocenters. The van der Waals surface area contributed by atoms with Crippen LogP contribution in [0.1, 0.15) is 71.4 Å². The van der Waals surface area contributed by atoms with Crippen LogP contribution < -0.4 is 0 Å². The highest BCUT2D eigenvalue weighted by molar-refractivity contribution is 6.46. The summed E-state index contributed by atoms with van der Waals surface area (Å²) >= 11 is 6.00. The fourth-order valence-corrected chi connectivity index (χ4v) is 4.90. The highest BCUT2D eigenvalue weighted by Crippen LogP contribution is 2.46. The molecule has 0 bridgehead atoms. The maximum absolute atomic E-state index is 13.5. The molecule has 1 saturated carbocycles. The molecule has 0 radical (unpaired) electrons. The van der Waals surface area contributed by atoms with Gasteiger partial charge in [-0.15, -0.1) is 0 Å². The Balaban J connectivity index is 1.86. The van der Waals surface area contributed by atoms with Gasteiger partial charge in [-0.05, 0) is 81.4 Å². The number of aliphatic imine (C=N–C) groups is 1. The predicted molar refractivity (Wildman–Crippen MR) is 132 cm³/mol. The van der Waals surface area contributed by atoms with E-state index in [1.807, 2.05) is 26.0 Å². The molecule has 31 heavy (non-hydrogen) atoms. The lowest BCUT2D eigenvalue weighted by Gasteiger charge is -2.45. The number of hydrogen-bond donors (Lipinski definition) is 0. The number of aryl methyl sites for hydroxylation is 1. The normalized spacial score (nSPS) is 25.4. The monoisotopic (exact) mass is 440 g/mol. The van der Waals surface area contributed by atoms with Crippen LogP contribution in [0.2, 0.25) is 0 Å². The minimum Gasteiger partial charge on any atom is -0.312 e. The van der Waals surface area contributed by atoms with Gasteiger partial charge in [0.05, 0.1) is 0 Å². The molecular formula is C27H37ClN2O. The Morgan fingerprint density at radius 1 is 1.16 bits per heavy atom. The van der Waals surface area contributed by atoms with Crippen LogP contribution in [-0.2, 0) is 11.2 Å². The molecule has 1 spiro atoms. The molecule has 3 rings (SSSR count). The van der Waals surface area contributed by atoms with Crippen LogP contribution in [0.25, 0.3) is 0 Å². The van der Waals surface area contributed by atoms with Crippen molar-refractivity contribution in [2.45, 2.75) is 79.3 Å². The Morgan fingerprint density at radius 2 is 1.77 bits per heavy atom. The van der Waals surface area contributed by atoms with Crippen LogP contribution in [0.3, 0.4) is 0 Å². The first-order chi connectivity index (χ1) is 14.5. The molecule has 1 aliphatic heterocycles. The van der Waals surface area contributed by atoms with Crippen molar-refractivity contribution < 1.29 is 4.79 Å². The van der Waals surface area contributed by atoms with Gasteiger partial charge in [0.1, 0.15) is 11.4 Å². The molecule has 3 nitrogen and oxygen atoms in total. The Hall–Kier alpha value is -1.87. The molecule has 1 aliphatic carbocycles. The number of hydrogen-bond acceptors (Lipinski definition) is 2. The summed E-state index contributed by atoms with van der Waals surface area (Å²) in [5, 5.41) is 0.696. The summed E-state index contributed by atoms with van der Waals surface area (Å²) in [6.07, 6.45) is 8.70. The van der Waals surface area contributed by atoms with Gasteiger partial charge in [0.15, 0.2) is 0 Å². The van der Waals surface area contributed by atoms with Gasteiger partial charge in [-0.25, -0.2) is 0 Å². The standard InChI is InChI=1S/C27H37ClN2O/c1-19-7-11-22(12-8-19)15-18-30-25(31)24(20(2)9-10-21(3)28)29-27(30)16-13-23(14-17-27)26(4,5)6/h7-12,23H,13-18H2,1-6H3/b20-9+,21-10+. The third-order valence-corrected chi connectivity index (χ3v) is 7.09. The summed E-state index contributed by atoms with van der Waals surface area (Å²) in [5.41, 5.74) is 3.91. The molecule has 0 N–H and O–H groups in total. The van der Waals surface area contributed by atoms with Gasteiger partial charge in [-0.2, -0.15) is 0 Å². The summed E-state index contributed by atoms with van der Waals surface area (Å²) in [5.74, 6) is 0.737. The molecule has 4 heteroatoms. The molecule has 1 aromatic rings. The fraction of sp³-hybridized carbons (Fsp3) is 0.556. The van der Waals surface area contributed by atoms with Crippen molar-refractivity contribution >= 4 is 23.2 Å². The van der Waals surface area contributed by atoms with E-state index in [1.165, 1.54) is 11.1 Å². The lowest BCUT2D eigenvalue weighted by molar-refractivity contribution is -0.129. The Morgan fingerprint density at radius 3 is 2.32 bits per heavy atom. The lowest BCUT2D eigenvalue weighted by Crippen LogP contribution is -2.50. The van der Waals surface area contributed by atoms with Crippen molar-refractivity contribution in [2.24, 2.45) is 16.3 Å². The number of carbonyl (C=O) groups is 1. The van der Waals surface area contributed by atoms with Crippen molar-refractivity contribution in [1.29, 1.82) is 0 Å². The summed E-state index contributed by atoms with van der Waals surface area (Å²) in [6, 6.07) is 8.61. The minimum absolute atomic E-state index is 0.0655. The second-order valence-corrected chi connectivity index (χ2v) is 11.0. The van der Waals surface area contributed by atoms with Crippen molar-refractivity contribution in [3.05, 3.63) is 58.1 Å². The van der Waals surface area contributed by atoms with Gasteiger partial charge in [0.25, 0.3) is 5.91 Å². The van der Waals surface area contributed by atoms with Crippen LogP contribution in [-0.4, -0.2) is 28.7 Å². The summed E-state index contributed by atoms with van der Waals surface area (Å²) in [6.45, 7) is 13.6. The number of halogens is 1. The first kappa shape index (κ1) is 23.8. The Labute approximate surface area is 193 Å². The Kier molecular flexibility index (Phi) is 7.15. The first-order valence-electron chi connectivity index (χ1n) is 11.5. The van der Waals surface area contributed by atoms with Gasteiger partial charge in [-0.1, -0.05) is 68.3 Å². The van der Waals surface area contributed by atoms with Crippen LogP contribution in [0.5, 0.6) is 0 Å². The molecule has 1 amide bonds. The summed E-state index contributed by atoms with van der Waals surface area (Å²) in [4.78, 5) is 20.7. The van der Waals surface area contributed by atoms with E-state index in [0.29, 0.717) is 28.6 Å². The number of rotatable bonds is 5. The van der Waals surface area contributed by atoms with E-state index in [-0.39, 0.29) is 5.91 Å². The zero-order valence-corrected chi connectivity index (χ0v) is 20.7. The second-order valence-electron chi connectivity index (χ2n) is 10.4. The molecule has 1 heterocycles. The molecular weight excluding hydrogens is 404 g/mol. The zero-order valence-electron chi connectivity index (χ0n) is 20.0. The van der Waals surface area contributed by atoms with Gasteiger partial charge in [0.2, 0.25) is 0 Å². The highest BCUT2D eigenvalue weighted by atomic mass is 35.5. The predicted octanol–water partition coefficient (Wildman–Crippen LogP) is 6.84. The molecule has 0 unspecified atom stereocenters. The van der Waals surface area contributed by atoms with Crippen LogP contribution >= 0.6 is 11.6 Å². The SMILES string of the molecule is C/C(Cl)=C\C=C(/C)C1=NC2(CCC(C(C)(C)C)CC2)N(CCc2ccc(C)cc2)C1=O. The minimum atomic E-state index is -0.395. The largest absolute Gasteiger partial charge is 0.312 e. The maximum Gasteiger partial charge on any atom is 0.274 e. The fourth-order valence-electron chi connectivity index (χ4n) is 4.84. The molecule has 0 saturated heterocycles. The lowest BCUT2D eigenvalue weighted by atomic mass is 9.69. The molecule has 1 aromatic carbocycles. The number of amides is 1. The molecule has 2 aliphatic rings. The number of allylic oxidation sites excluding steroid dienone is 3. The Bertz CT molecular complexity index is 890. The zero-order chi connectivity index (χ0) is 22.8. The van der Waals surface area contributed by atoms with E-state index >= 15 is 0 Å². The maximum atomic E-state index is 13.5. The van der Waals surface area contributed by atoms with E-state index < -0.39 is 5.66 Å². The highest BCUT2D eigenvalue weighted by Gasteiger charge is 2.49. The van der Waals surface area contributed by atoms with Crippen molar-refractivity contribution in [3.8, 4) is 0 Å². The number of nitrogens with zero attached hydrogens (tertiary/aromatic N) is 2. The van der Waals surface area contributed by atoms with Crippen LogP contribution in [0.4, 0.5) is 0 Å². The number of benzene rings is 1. The van der Waals surface area contributed by atoms with Gasteiger partial charge in [-0.3, -0.25) is 9.79 Å². The topological polar surface area (TPSA) is 32.7 Å². The third-order valence-electron chi connectivity index (χ3n) is 6.96. The van der Waals surface area contributed by atoms with Crippen LogP contribution in [0.15, 0.2) is 52.0 Å². The number of carbonyl (C=O) groups excluding carboxylic acids is 1. The van der Waals surface area contributed by atoms with E-state index in [2.05, 4.69) is 56.9 Å². The average Bonchev–Trinajstić information content (AvgIpc) is 2.97. The molecule has 1 fully saturated rings. The quantitative estimate of drug-likeness (QED) is 0.461. The van der Waals surface area contributed by atoms with Gasteiger partial charge >= 0.3 is 0 Å². The second kappa shape index (κ2) is 9.32. The smallest absolute Gasteiger partial charge is 0.274 e. The van der Waals surface area contributed by atoms with E-state index in [4.69, 9.17) is 16.6 Å². The first-order valence-corrected chi connectivity index (χ1v) is 11.9. The molecule has 168 valence electrons. The van der Waals surface area contributed by atoms with Crippen LogP contribution in [0, 0.1) is 18.3 Å². The van der Waals surface area contributed by atoms with Crippen molar-refractivity contribution in [1.82, 2.24) is 4.90 Å². The van der Waals surface area contributed by atoms with Crippen molar-refractivity contribution in [2.75, 3.05) is 6.54 Å². The van der Waals surface area contributed by atoms with Crippen molar-refractivity contribution in [3.63, 3.8) is 0 Å². The van der Waals surface area contributed by atoms with E-state index in [1.54, 1.807) is 0 Å². The summed E-state index contributed by atoms with van der Waals surface area (Å²) in [7, 11) is 0. The van der Waals surface area contributed by atoms with E-state index in [9.17, 15) is 4.79 Å². The van der Waals surface area contributed by atoms with Gasteiger partial charge in [0, 0.05) is 11.6 Å². The molecule has 0 aromatic heterocycles. The van der Waals surface area contributed by atoms with Gasteiger partial charge < -0.3 is 4.90 Å². The average molecular weight is 441 g/mol. The van der Waals surface area contributed by atoms with E-state index in [0.717, 1.165) is 37.7 Å².